The largest absolute Gasteiger partial charge is 0.454 e. The molecule has 1 aliphatic carbocycles. The lowest BCUT2D eigenvalue weighted by Gasteiger charge is -2.24. The number of hydrogen-bond acceptors (Lipinski definition) is 4. The number of para-hydroxylation sites is 3. The average Bonchev–Trinajstić information content (AvgIpc) is 4.03. The van der Waals surface area contributed by atoms with E-state index >= 15 is 0 Å². The van der Waals surface area contributed by atoms with Crippen LogP contribution >= 0.6 is 0 Å². The molecule has 5 heteroatoms. The van der Waals surface area contributed by atoms with Gasteiger partial charge in [0.1, 0.15) is 11.6 Å². The molecule has 0 unspecified atom stereocenters. The number of hydrogen-bond donors (Lipinski definition) is 1. The highest BCUT2D eigenvalue weighted by molar-refractivity contribution is 6.24. The average molecular weight is 845 g/mol. The fourth-order valence-corrected chi connectivity index (χ4v) is 10.3. The minimum Gasteiger partial charge on any atom is -0.454 e. The first-order chi connectivity index (χ1) is 32.6. The van der Waals surface area contributed by atoms with E-state index in [9.17, 15) is 0 Å². The molecule has 0 saturated heterocycles. The summed E-state index contributed by atoms with van der Waals surface area (Å²) < 4.78 is 9.00. The molecule has 2 aliphatic rings. The maximum absolute atomic E-state index is 7.12. The molecule has 0 fully saturated rings. The predicted octanol–water partition coefficient (Wildman–Crippen LogP) is 15.0. The summed E-state index contributed by atoms with van der Waals surface area (Å²) in [7, 11) is 0. The third-order valence-corrected chi connectivity index (χ3v) is 13.4. The Bertz CT molecular complexity index is 3890. The molecule has 0 amide bonds. The molecule has 310 valence electrons. The van der Waals surface area contributed by atoms with E-state index in [0.29, 0.717) is 11.5 Å². The quantitative estimate of drug-likeness (QED) is 0.169. The molecule has 2 aromatic heterocycles. The smallest absolute Gasteiger partial charge is 0.159 e. The van der Waals surface area contributed by atoms with Gasteiger partial charge in [-0.2, -0.15) is 0 Å². The Labute approximate surface area is 381 Å². The van der Waals surface area contributed by atoms with Crippen LogP contribution in [0.4, 0.5) is 5.69 Å². The van der Waals surface area contributed by atoms with Crippen LogP contribution in [0.2, 0.25) is 0 Å². The van der Waals surface area contributed by atoms with E-state index in [1.54, 1.807) is 0 Å². The lowest BCUT2D eigenvalue weighted by molar-refractivity contribution is 0.666. The Kier molecular flexibility index (Phi) is 8.52. The van der Waals surface area contributed by atoms with E-state index < -0.39 is 0 Å². The molecule has 9 aromatic carbocycles. The Morgan fingerprint density at radius 1 is 0.545 bits per heavy atom. The van der Waals surface area contributed by atoms with Gasteiger partial charge in [-0.1, -0.05) is 183 Å². The molecule has 0 bridgehead atoms. The summed E-state index contributed by atoms with van der Waals surface area (Å²) in [6, 6.07) is 71.9. The lowest BCUT2D eigenvalue weighted by Crippen LogP contribution is -2.20. The van der Waals surface area contributed by atoms with Crippen molar-refractivity contribution in [2.75, 3.05) is 5.73 Å². The van der Waals surface area contributed by atoms with Crippen LogP contribution in [0.1, 0.15) is 39.4 Å². The minimum absolute atomic E-state index is 0.305. The van der Waals surface area contributed by atoms with Gasteiger partial charge in [-0.3, -0.25) is 4.99 Å². The van der Waals surface area contributed by atoms with Gasteiger partial charge in [0.25, 0.3) is 0 Å². The summed E-state index contributed by atoms with van der Waals surface area (Å²) >= 11 is 0. The molecule has 1 aliphatic heterocycles. The molecular weight excluding hydrogens is 805 g/mol. The van der Waals surface area contributed by atoms with Gasteiger partial charge < -0.3 is 14.7 Å². The Morgan fingerprint density at radius 2 is 1.21 bits per heavy atom. The first-order valence-electron chi connectivity index (χ1n) is 22.3. The van der Waals surface area contributed by atoms with Gasteiger partial charge in [-0.25, -0.2) is 4.99 Å². The second-order valence-electron chi connectivity index (χ2n) is 17.1. The summed E-state index contributed by atoms with van der Waals surface area (Å²) in [5.41, 5.74) is 26.4. The molecule has 0 spiro atoms. The first-order valence-corrected chi connectivity index (χ1v) is 22.3. The summed E-state index contributed by atoms with van der Waals surface area (Å²) in [4.78, 5) is 10.5. The molecule has 1 atom stereocenters. The topological polar surface area (TPSA) is 68.8 Å². The number of nitrogen functional groups attached to an aromatic ring is 1. The SMILES string of the molecule is C=C1C(c2ccc(-c3ccccc3)cc2)=NC(c2ccc(/C=C3/c4ccccc4-c4ccc5c(c43)c3ccccc3n5-c3cccc4c3oc3ccccc34)c(N)c2)=N[C@H]1c1ccccc1. The second-order valence-corrected chi connectivity index (χ2v) is 17.1. The lowest BCUT2D eigenvalue weighted by atomic mass is 9.90. The van der Waals surface area contributed by atoms with Gasteiger partial charge in [-0.05, 0) is 80.9 Å². The van der Waals surface area contributed by atoms with Crippen molar-refractivity contribution < 1.29 is 4.42 Å². The number of nitrogens with two attached hydrogens (primary N) is 1. The highest BCUT2D eigenvalue weighted by Crippen LogP contribution is 2.51. The van der Waals surface area contributed by atoms with E-state index in [2.05, 4.69) is 181 Å². The standard InChI is InChI=1S/C61H40N4O/c1-37-58(40-17-6-3-7-18-40)63-61(64-59(37)41-29-27-39(28-30-41)38-15-4-2-5-16-38)43-32-31-42(51(62)36-43)35-50-45-20-9-8-19-44(45)47-33-34-53-57(56(47)50)49-22-10-12-24-52(49)65(53)54-25-14-23-48-46-21-11-13-26-55(46)66-60(48)54/h2-36,58H,1,62H2/b50-35-/t58-/m1/s1. The number of nitrogens with zero attached hydrogens (tertiary/aromatic N) is 3. The van der Waals surface area contributed by atoms with Crippen molar-refractivity contribution in [2.45, 2.75) is 6.04 Å². The van der Waals surface area contributed by atoms with Crippen LogP contribution in [0, 0.1) is 0 Å². The zero-order valence-electron chi connectivity index (χ0n) is 35.8. The van der Waals surface area contributed by atoms with E-state index in [1.165, 1.54) is 38.6 Å². The second kappa shape index (κ2) is 14.9. The van der Waals surface area contributed by atoms with Crippen molar-refractivity contribution in [2.24, 2.45) is 9.98 Å². The van der Waals surface area contributed by atoms with Crippen LogP contribution in [0.15, 0.2) is 233 Å². The van der Waals surface area contributed by atoms with Gasteiger partial charge in [0.05, 0.1) is 22.4 Å². The maximum atomic E-state index is 7.12. The fourth-order valence-electron chi connectivity index (χ4n) is 10.3. The van der Waals surface area contributed by atoms with Crippen LogP contribution < -0.4 is 5.73 Å². The molecule has 2 N–H and O–H groups in total. The zero-order valence-corrected chi connectivity index (χ0v) is 35.8. The summed E-state index contributed by atoms with van der Waals surface area (Å²) in [5.74, 6) is 0.620. The molecule has 66 heavy (non-hydrogen) atoms. The van der Waals surface area contributed by atoms with Crippen LogP contribution in [-0.2, 0) is 0 Å². The van der Waals surface area contributed by atoms with E-state index in [4.69, 9.17) is 20.1 Å². The van der Waals surface area contributed by atoms with Crippen molar-refractivity contribution in [3.05, 3.63) is 252 Å². The summed E-state index contributed by atoms with van der Waals surface area (Å²) in [6.07, 6.45) is 2.26. The molecule has 13 rings (SSSR count). The first kappa shape index (κ1) is 37.7. The number of benzene rings is 9. The van der Waals surface area contributed by atoms with Gasteiger partial charge in [0.15, 0.2) is 11.4 Å². The van der Waals surface area contributed by atoms with Crippen molar-refractivity contribution >= 4 is 72.6 Å². The summed E-state index contributed by atoms with van der Waals surface area (Å²) in [6.45, 7) is 4.57. The number of furan rings is 1. The van der Waals surface area contributed by atoms with Crippen LogP contribution in [0.3, 0.4) is 0 Å². The van der Waals surface area contributed by atoms with E-state index in [-0.39, 0.29) is 6.04 Å². The minimum atomic E-state index is -0.305. The third kappa shape index (κ3) is 5.87. The molecule has 0 saturated carbocycles. The number of fused-ring (bicyclic) bond motifs is 10. The molecular formula is C61H40N4O. The highest BCUT2D eigenvalue weighted by Gasteiger charge is 2.30. The van der Waals surface area contributed by atoms with E-state index in [0.717, 1.165) is 83.3 Å². The summed E-state index contributed by atoms with van der Waals surface area (Å²) in [5, 5.41) is 4.57. The normalized spacial score (nSPS) is 15.1. The number of anilines is 1. The molecule has 0 radical (unpaired) electrons. The molecule has 3 heterocycles. The Hall–Kier alpha value is -8.80. The van der Waals surface area contributed by atoms with Crippen molar-refractivity contribution in [3.63, 3.8) is 0 Å². The fraction of sp³-hybridized carbons (Fsp3) is 0.0164. The van der Waals surface area contributed by atoms with Gasteiger partial charge >= 0.3 is 0 Å². The Balaban J connectivity index is 0.950. The number of aliphatic imine (C=N–C) groups is 2. The van der Waals surface area contributed by atoms with E-state index in [1.807, 2.05) is 42.5 Å². The zero-order chi connectivity index (χ0) is 43.9. The monoisotopic (exact) mass is 844 g/mol. The molecule has 5 nitrogen and oxygen atoms in total. The highest BCUT2D eigenvalue weighted by atomic mass is 16.3. The van der Waals surface area contributed by atoms with Crippen LogP contribution in [0.25, 0.3) is 83.3 Å². The maximum Gasteiger partial charge on any atom is 0.159 e. The van der Waals surface area contributed by atoms with Gasteiger partial charge in [0, 0.05) is 49.5 Å². The van der Waals surface area contributed by atoms with Crippen molar-refractivity contribution in [1.82, 2.24) is 4.57 Å². The van der Waals surface area contributed by atoms with Crippen LogP contribution in [0.5, 0.6) is 0 Å². The molecule has 11 aromatic rings. The number of rotatable bonds is 6. The van der Waals surface area contributed by atoms with Crippen molar-refractivity contribution in [3.8, 4) is 27.9 Å². The van der Waals surface area contributed by atoms with Crippen molar-refractivity contribution in [1.29, 1.82) is 0 Å². The van der Waals surface area contributed by atoms with Gasteiger partial charge in [0.2, 0.25) is 0 Å². The third-order valence-electron chi connectivity index (χ3n) is 13.4. The number of aromatic nitrogens is 1. The Morgan fingerprint density at radius 3 is 2.03 bits per heavy atom. The van der Waals surface area contributed by atoms with Crippen LogP contribution in [-0.4, -0.2) is 16.1 Å². The van der Waals surface area contributed by atoms with Gasteiger partial charge in [-0.15, -0.1) is 0 Å². The number of amidine groups is 1. The predicted molar refractivity (Wildman–Crippen MR) is 275 cm³/mol.